The largest absolute Gasteiger partial charge is 0.271 e. The maximum absolute atomic E-state index is 13.3. The lowest BCUT2D eigenvalue weighted by atomic mass is 9.86. The summed E-state index contributed by atoms with van der Waals surface area (Å²) in [5, 5.41) is 0.577. The number of hydrogen-bond acceptors (Lipinski definition) is 2. The molecule has 3 unspecified atom stereocenters. The first-order valence-corrected chi connectivity index (χ1v) is 6.42. The summed E-state index contributed by atoms with van der Waals surface area (Å²) < 4.78 is 13.3. The van der Waals surface area contributed by atoms with Crippen LogP contribution in [0.4, 0.5) is 4.39 Å². The van der Waals surface area contributed by atoms with Crippen molar-refractivity contribution < 1.29 is 4.39 Å². The number of benzene rings is 1. The lowest BCUT2D eigenvalue weighted by Crippen LogP contribution is -2.34. The van der Waals surface area contributed by atoms with Gasteiger partial charge in [-0.1, -0.05) is 31.4 Å². The third-order valence-corrected chi connectivity index (χ3v) is 4.17. The first-order chi connectivity index (χ1) is 8.13. The fourth-order valence-corrected chi connectivity index (χ4v) is 3.10. The molecule has 0 aromatic heterocycles. The molecule has 0 amide bonds. The summed E-state index contributed by atoms with van der Waals surface area (Å²) in [5.74, 6) is 6.39. The fraction of sp³-hybridized carbons (Fsp3) is 0.538. The summed E-state index contributed by atoms with van der Waals surface area (Å²) in [6, 6.07) is 4.39. The summed E-state index contributed by atoms with van der Waals surface area (Å²) in [7, 11) is 0. The Hall–Kier alpha value is -0.640. The normalized spacial score (nSPS) is 26.1. The van der Waals surface area contributed by atoms with E-state index in [1.807, 2.05) is 0 Å². The lowest BCUT2D eigenvalue weighted by molar-refractivity contribution is 0.304. The Balaban J connectivity index is 2.31. The average molecular weight is 257 g/mol. The van der Waals surface area contributed by atoms with E-state index in [1.54, 1.807) is 6.07 Å². The van der Waals surface area contributed by atoms with Gasteiger partial charge in [0.2, 0.25) is 0 Å². The topological polar surface area (TPSA) is 38.0 Å². The van der Waals surface area contributed by atoms with Crippen molar-refractivity contribution in [2.75, 3.05) is 0 Å². The molecule has 0 heterocycles. The van der Waals surface area contributed by atoms with Gasteiger partial charge in [-0.2, -0.15) is 0 Å². The minimum absolute atomic E-state index is 0.0595. The highest BCUT2D eigenvalue weighted by atomic mass is 35.5. The van der Waals surface area contributed by atoms with Gasteiger partial charge in [0, 0.05) is 5.02 Å². The Morgan fingerprint density at radius 3 is 2.82 bits per heavy atom. The quantitative estimate of drug-likeness (QED) is 0.642. The molecule has 2 rings (SSSR count). The zero-order valence-corrected chi connectivity index (χ0v) is 10.7. The van der Waals surface area contributed by atoms with Crippen LogP contribution in [0.2, 0.25) is 5.02 Å². The highest BCUT2D eigenvalue weighted by Crippen LogP contribution is 2.41. The van der Waals surface area contributed by atoms with Crippen LogP contribution in [0.5, 0.6) is 0 Å². The van der Waals surface area contributed by atoms with Crippen molar-refractivity contribution in [3.63, 3.8) is 0 Å². The maximum Gasteiger partial charge on any atom is 0.123 e. The summed E-state index contributed by atoms with van der Waals surface area (Å²) in [6.45, 7) is 2.22. The first kappa shape index (κ1) is 12.8. The molecule has 4 heteroatoms. The van der Waals surface area contributed by atoms with E-state index in [-0.39, 0.29) is 11.9 Å². The molecule has 1 aromatic carbocycles. The second kappa shape index (κ2) is 5.34. The Morgan fingerprint density at radius 1 is 1.47 bits per heavy atom. The molecule has 1 aliphatic carbocycles. The summed E-state index contributed by atoms with van der Waals surface area (Å²) >= 11 is 6.13. The van der Waals surface area contributed by atoms with Crippen molar-refractivity contribution in [3.8, 4) is 0 Å². The summed E-state index contributed by atoms with van der Waals surface area (Å²) in [5.41, 5.74) is 3.58. The SMILES string of the molecule is CC1CCCC1C(NN)c1cc(F)ccc1Cl. The van der Waals surface area contributed by atoms with Crippen LogP contribution in [0.1, 0.15) is 37.8 Å². The van der Waals surface area contributed by atoms with Crippen LogP contribution in [0.25, 0.3) is 0 Å². The van der Waals surface area contributed by atoms with E-state index < -0.39 is 0 Å². The van der Waals surface area contributed by atoms with Gasteiger partial charge in [0.05, 0.1) is 6.04 Å². The highest BCUT2D eigenvalue weighted by molar-refractivity contribution is 6.31. The number of nitrogens with one attached hydrogen (secondary N) is 1. The number of halogens is 2. The van der Waals surface area contributed by atoms with Gasteiger partial charge < -0.3 is 0 Å². The van der Waals surface area contributed by atoms with Gasteiger partial charge in [0.1, 0.15) is 5.82 Å². The Labute approximate surface area is 106 Å². The molecule has 0 saturated heterocycles. The second-order valence-electron chi connectivity index (χ2n) is 4.88. The standard InChI is InChI=1S/C13H18ClFN2/c1-8-3-2-4-10(8)13(17-16)11-7-9(15)5-6-12(11)14/h5-8,10,13,17H,2-4,16H2,1H3. The maximum atomic E-state index is 13.3. The van der Waals surface area contributed by atoms with Crippen molar-refractivity contribution >= 4 is 11.6 Å². The molecule has 0 radical (unpaired) electrons. The molecule has 3 N–H and O–H groups in total. The summed E-state index contributed by atoms with van der Waals surface area (Å²) in [4.78, 5) is 0. The Kier molecular flexibility index (Phi) is 4.02. The summed E-state index contributed by atoms with van der Waals surface area (Å²) in [6.07, 6.45) is 3.52. The smallest absolute Gasteiger partial charge is 0.123 e. The second-order valence-corrected chi connectivity index (χ2v) is 5.29. The third-order valence-electron chi connectivity index (χ3n) is 3.83. The number of nitrogens with two attached hydrogens (primary N) is 1. The van der Waals surface area contributed by atoms with Gasteiger partial charge in [-0.15, -0.1) is 0 Å². The van der Waals surface area contributed by atoms with E-state index in [2.05, 4.69) is 12.3 Å². The molecule has 1 aliphatic rings. The monoisotopic (exact) mass is 256 g/mol. The van der Waals surface area contributed by atoms with Crippen LogP contribution in [0, 0.1) is 17.7 Å². The Bertz CT molecular complexity index is 397. The van der Waals surface area contributed by atoms with Gasteiger partial charge in [0.25, 0.3) is 0 Å². The van der Waals surface area contributed by atoms with E-state index in [0.29, 0.717) is 16.9 Å². The minimum atomic E-state index is -0.268. The van der Waals surface area contributed by atoms with Crippen LogP contribution in [-0.4, -0.2) is 0 Å². The molecule has 1 fully saturated rings. The molecule has 2 nitrogen and oxygen atoms in total. The zero-order chi connectivity index (χ0) is 12.4. The Morgan fingerprint density at radius 2 is 2.24 bits per heavy atom. The molecule has 1 aromatic rings. The molecule has 1 saturated carbocycles. The molecular formula is C13H18ClFN2. The van der Waals surface area contributed by atoms with Crippen molar-refractivity contribution in [3.05, 3.63) is 34.6 Å². The van der Waals surface area contributed by atoms with Crippen LogP contribution in [0.15, 0.2) is 18.2 Å². The third kappa shape index (κ3) is 2.62. The van der Waals surface area contributed by atoms with Gasteiger partial charge in [-0.25, -0.2) is 4.39 Å². The van der Waals surface area contributed by atoms with E-state index in [4.69, 9.17) is 17.4 Å². The average Bonchev–Trinajstić information content (AvgIpc) is 2.71. The zero-order valence-electron chi connectivity index (χ0n) is 9.92. The molecule has 17 heavy (non-hydrogen) atoms. The predicted molar refractivity (Wildman–Crippen MR) is 68.0 cm³/mol. The molecule has 3 atom stereocenters. The van der Waals surface area contributed by atoms with E-state index in [1.165, 1.54) is 25.0 Å². The van der Waals surface area contributed by atoms with Gasteiger partial charge in [-0.05, 0) is 42.0 Å². The molecule has 0 spiro atoms. The van der Waals surface area contributed by atoms with Crippen molar-refractivity contribution in [1.82, 2.24) is 5.43 Å². The van der Waals surface area contributed by atoms with E-state index >= 15 is 0 Å². The molecular weight excluding hydrogens is 239 g/mol. The van der Waals surface area contributed by atoms with E-state index in [9.17, 15) is 4.39 Å². The van der Waals surface area contributed by atoms with Gasteiger partial charge in [-0.3, -0.25) is 11.3 Å². The van der Waals surface area contributed by atoms with Crippen LogP contribution in [0.3, 0.4) is 0 Å². The molecule has 94 valence electrons. The van der Waals surface area contributed by atoms with Crippen molar-refractivity contribution in [2.24, 2.45) is 17.7 Å². The van der Waals surface area contributed by atoms with Crippen molar-refractivity contribution in [2.45, 2.75) is 32.2 Å². The predicted octanol–water partition coefficient (Wildman–Crippen LogP) is 3.42. The number of rotatable bonds is 3. The first-order valence-electron chi connectivity index (χ1n) is 6.04. The van der Waals surface area contributed by atoms with E-state index in [0.717, 1.165) is 12.0 Å². The van der Waals surface area contributed by atoms with Crippen LogP contribution in [-0.2, 0) is 0 Å². The van der Waals surface area contributed by atoms with Gasteiger partial charge >= 0.3 is 0 Å². The fourth-order valence-electron chi connectivity index (χ4n) is 2.87. The lowest BCUT2D eigenvalue weighted by Gasteiger charge is -2.27. The van der Waals surface area contributed by atoms with Crippen LogP contribution >= 0.6 is 11.6 Å². The van der Waals surface area contributed by atoms with Crippen molar-refractivity contribution in [1.29, 1.82) is 0 Å². The molecule has 0 aliphatic heterocycles. The minimum Gasteiger partial charge on any atom is -0.271 e. The number of hydrazine groups is 1. The number of hydrogen-bond donors (Lipinski definition) is 2. The highest BCUT2D eigenvalue weighted by Gasteiger charge is 2.32. The van der Waals surface area contributed by atoms with Gasteiger partial charge in [0.15, 0.2) is 0 Å². The molecule has 0 bridgehead atoms. The van der Waals surface area contributed by atoms with Crippen LogP contribution < -0.4 is 11.3 Å².